The lowest BCUT2D eigenvalue weighted by molar-refractivity contribution is 0.0720. The summed E-state index contributed by atoms with van der Waals surface area (Å²) in [4.78, 5) is 12.1. The summed E-state index contributed by atoms with van der Waals surface area (Å²) >= 11 is 1.07. The third-order valence-corrected chi connectivity index (χ3v) is 3.29. The number of amides is 1. The van der Waals surface area contributed by atoms with E-state index >= 15 is 0 Å². The highest BCUT2D eigenvalue weighted by Gasteiger charge is 2.25. The van der Waals surface area contributed by atoms with E-state index in [1.165, 1.54) is 6.20 Å². The molecule has 2 N–H and O–H groups in total. The van der Waals surface area contributed by atoms with Crippen LogP contribution in [0.1, 0.15) is 35.4 Å². The minimum absolute atomic E-state index is 0.117. The molecule has 0 aromatic carbocycles. The van der Waals surface area contributed by atoms with Gasteiger partial charge in [-0.25, -0.2) is 0 Å². The summed E-state index contributed by atoms with van der Waals surface area (Å²) in [5, 5.41) is 16.1. The third-order valence-electron chi connectivity index (χ3n) is 2.63. The zero-order valence-electron chi connectivity index (χ0n) is 8.22. The maximum atomic E-state index is 11.6. The SMILES string of the molecule is O=C(N[C@@H]1CCCC[C@H]1O)c1cnns1. The molecule has 0 radical (unpaired) electrons. The molecule has 1 amide bonds. The van der Waals surface area contributed by atoms with Crippen LogP contribution in [0.5, 0.6) is 0 Å². The van der Waals surface area contributed by atoms with Crippen LogP contribution in [0.2, 0.25) is 0 Å². The topological polar surface area (TPSA) is 75.1 Å². The van der Waals surface area contributed by atoms with Crippen LogP contribution in [0.15, 0.2) is 6.20 Å². The van der Waals surface area contributed by atoms with Gasteiger partial charge in [0.15, 0.2) is 0 Å². The average Bonchev–Trinajstić information content (AvgIpc) is 2.74. The lowest BCUT2D eigenvalue weighted by Gasteiger charge is -2.27. The largest absolute Gasteiger partial charge is 0.391 e. The number of nitrogens with one attached hydrogen (secondary N) is 1. The molecule has 0 saturated heterocycles. The van der Waals surface area contributed by atoms with Gasteiger partial charge in [0, 0.05) is 0 Å². The molecule has 0 aliphatic heterocycles. The van der Waals surface area contributed by atoms with Gasteiger partial charge in [0.1, 0.15) is 4.88 Å². The molecule has 1 heterocycles. The fourth-order valence-electron chi connectivity index (χ4n) is 1.79. The molecule has 0 unspecified atom stereocenters. The van der Waals surface area contributed by atoms with Crippen LogP contribution in [0, 0.1) is 0 Å². The highest BCUT2D eigenvalue weighted by Crippen LogP contribution is 2.18. The summed E-state index contributed by atoms with van der Waals surface area (Å²) in [5.41, 5.74) is 0. The first kappa shape index (κ1) is 10.5. The van der Waals surface area contributed by atoms with E-state index in [9.17, 15) is 9.90 Å². The van der Waals surface area contributed by atoms with Crippen molar-refractivity contribution in [2.24, 2.45) is 0 Å². The summed E-state index contributed by atoms with van der Waals surface area (Å²) in [6, 6.07) is -0.117. The van der Waals surface area contributed by atoms with E-state index in [-0.39, 0.29) is 11.9 Å². The second kappa shape index (κ2) is 4.67. The van der Waals surface area contributed by atoms with Crippen molar-refractivity contribution in [1.29, 1.82) is 0 Å². The van der Waals surface area contributed by atoms with Gasteiger partial charge in [-0.2, -0.15) is 0 Å². The molecule has 1 saturated carbocycles. The van der Waals surface area contributed by atoms with Crippen LogP contribution in [-0.4, -0.2) is 32.7 Å². The normalized spacial score (nSPS) is 26.2. The van der Waals surface area contributed by atoms with Crippen LogP contribution < -0.4 is 5.32 Å². The van der Waals surface area contributed by atoms with Gasteiger partial charge in [0.05, 0.1) is 18.3 Å². The second-order valence-corrected chi connectivity index (χ2v) is 4.50. The van der Waals surface area contributed by atoms with E-state index in [4.69, 9.17) is 0 Å². The first-order chi connectivity index (χ1) is 7.27. The standard InChI is InChI=1S/C9H13N3O2S/c13-7-4-2-1-3-6(7)11-9(14)8-5-10-12-15-8/h5-7,13H,1-4H2,(H,11,14)/t6-,7-/m1/s1. The van der Waals surface area contributed by atoms with Crippen molar-refractivity contribution in [2.45, 2.75) is 37.8 Å². The number of hydrogen-bond acceptors (Lipinski definition) is 5. The molecule has 82 valence electrons. The Balaban J connectivity index is 1.93. The summed E-state index contributed by atoms with van der Waals surface area (Å²) in [7, 11) is 0. The molecule has 15 heavy (non-hydrogen) atoms. The number of aliphatic hydroxyl groups is 1. The van der Waals surface area contributed by atoms with Crippen molar-refractivity contribution in [3.8, 4) is 0 Å². The molecule has 6 heteroatoms. The number of hydrogen-bond donors (Lipinski definition) is 2. The van der Waals surface area contributed by atoms with Gasteiger partial charge in [-0.1, -0.05) is 17.3 Å². The van der Waals surface area contributed by atoms with Crippen molar-refractivity contribution in [3.05, 3.63) is 11.1 Å². The minimum atomic E-state index is -0.413. The summed E-state index contributed by atoms with van der Waals surface area (Å²) < 4.78 is 3.62. The summed E-state index contributed by atoms with van der Waals surface area (Å²) in [6.07, 6.45) is 4.74. The van der Waals surface area contributed by atoms with E-state index in [1.54, 1.807) is 0 Å². The molecule has 1 fully saturated rings. The van der Waals surface area contributed by atoms with Crippen LogP contribution in [-0.2, 0) is 0 Å². The van der Waals surface area contributed by atoms with Crippen LogP contribution in [0.4, 0.5) is 0 Å². The van der Waals surface area contributed by atoms with E-state index in [0.717, 1.165) is 37.2 Å². The molecule has 2 rings (SSSR count). The number of aliphatic hydroxyl groups excluding tert-OH is 1. The quantitative estimate of drug-likeness (QED) is 0.774. The molecule has 1 aromatic heterocycles. The van der Waals surface area contributed by atoms with E-state index in [2.05, 4.69) is 14.9 Å². The fraction of sp³-hybridized carbons (Fsp3) is 0.667. The maximum Gasteiger partial charge on any atom is 0.264 e. The Bertz CT molecular complexity index is 328. The van der Waals surface area contributed by atoms with Crippen molar-refractivity contribution in [2.75, 3.05) is 0 Å². The summed E-state index contributed by atoms with van der Waals surface area (Å²) in [6.45, 7) is 0. The van der Waals surface area contributed by atoms with Gasteiger partial charge in [0.25, 0.3) is 5.91 Å². The molecule has 1 aromatic rings. The first-order valence-corrected chi connectivity index (χ1v) is 5.81. The maximum absolute atomic E-state index is 11.6. The zero-order valence-corrected chi connectivity index (χ0v) is 9.04. The van der Waals surface area contributed by atoms with Gasteiger partial charge in [-0.15, -0.1) is 5.10 Å². The Morgan fingerprint density at radius 2 is 2.33 bits per heavy atom. The van der Waals surface area contributed by atoms with Gasteiger partial charge in [0.2, 0.25) is 0 Å². The van der Waals surface area contributed by atoms with Gasteiger partial charge in [-0.05, 0) is 24.4 Å². The highest BCUT2D eigenvalue weighted by atomic mass is 32.1. The Labute approximate surface area is 91.7 Å². The van der Waals surface area contributed by atoms with E-state index in [0.29, 0.717) is 4.88 Å². The predicted octanol–water partition coefficient (Wildman–Crippen LogP) is 0.571. The number of nitrogens with zero attached hydrogens (tertiary/aromatic N) is 2. The predicted molar refractivity (Wildman–Crippen MR) is 55.6 cm³/mol. The molecular formula is C9H13N3O2S. The molecule has 0 spiro atoms. The molecular weight excluding hydrogens is 214 g/mol. The van der Waals surface area contributed by atoms with Crippen molar-refractivity contribution in [1.82, 2.24) is 14.9 Å². The fourth-order valence-corrected chi connectivity index (χ4v) is 2.20. The Morgan fingerprint density at radius 1 is 1.53 bits per heavy atom. The van der Waals surface area contributed by atoms with E-state index in [1.807, 2.05) is 0 Å². The minimum Gasteiger partial charge on any atom is -0.391 e. The zero-order chi connectivity index (χ0) is 10.7. The number of aromatic nitrogens is 2. The number of carbonyl (C=O) groups excluding carboxylic acids is 1. The summed E-state index contributed by atoms with van der Waals surface area (Å²) in [5.74, 6) is -0.184. The molecule has 0 bridgehead atoms. The van der Waals surface area contributed by atoms with Gasteiger partial charge >= 0.3 is 0 Å². The van der Waals surface area contributed by atoms with E-state index < -0.39 is 6.10 Å². The van der Waals surface area contributed by atoms with Gasteiger partial charge < -0.3 is 10.4 Å². The lowest BCUT2D eigenvalue weighted by Crippen LogP contribution is -2.44. The van der Waals surface area contributed by atoms with Crippen LogP contribution in [0.3, 0.4) is 0 Å². The smallest absolute Gasteiger partial charge is 0.264 e. The van der Waals surface area contributed by atoms with Crippen LogP contribution >= 0.6 is 11.5 Å². The van der Waals surface area contributed by atoms with Crippen molar-refractivity contribution < 1.29 is 9.90 Å². The molecule has 1 aliphatic carbocycles. The monoisotopic (exact) mass is 227 g/mol. The number of carbonyl (C=O) groups is 1. The third kappa shape index (κ3) is 2.51. The first-order valence-electron chi connectivity index (χ1n) is 5.03. The number of rotatable bonds is 2. The Hall–Kier alpha value is -1.01. The molecule has 1 aliphatic rings. The second-order valence-electron chi connectivity index (χ2n) is 3.71. The molecule has 5 nitrogen and oxygen atoms in total. The molecule has 2 atom stereocenters. The average molecular weight is 227 g/mol. The van der Waals surface area contributed by atoms with Crippen molar-refractivity contribution >= 4 is 17.4 Å². The van der Waals surface area contributed by atoms with Gasteiger partial charge in [-0.3, -0.25) is 4.79 Å². The highest BCUT2D eigenvalue weighted by molar-refractivity contribution is 7.07. The van der Waals surface area contributed by atoms with Crippen LogP contribution in [0.25, 0.3) is 0 Å². The Kier molecular flexibility index (Phi) is 3.27. The Morgan fingerprint density at radius 3 is 3.00 bits per heavy atom. The lowest BCUT2D eigenvalue weighted by atomic mass is 9.92. The van der Waals surface area contributed by atoms with Crippen molar-refractivity contribution in [3.63, 3.8) is 0 Å².